The molecule has 0 saturated heterocycles. The minimum Gasteiger partial charge on any atom is -0.382 e. The number of hydrogen-bond acceptors (Lipinski definition) is 1. The summed E-state index contributed by atoms with van der Waals surface area (Å²) < 4.78 is 0. The van der Waals surface area contributed by atoms with Gasteiger partial charge in [0.05, 0.1) is 0 Å². The van der Waals surface area contributed by atoms with Crippen molar-refractivity contribution in [3.8, 4) is 11.1 Å². The second-order valence-electron chi connectivity index (χ2n) is 6.56. The predicted molar refractivity (Wildman–Crippen MR) is 91.5 cm³/mol. The fourth-order valence-electron chi connectivity index (χ4n) is 3.41. The van der Waals surface area contributed by atoms with Crippen molar-refractivity contribution >= 4 is 5.69 Å². The van der Waals surface area contributed by atoms with Crippen molar-refractivity contribution in [2.75, 3.05) is 5.32 Å². The Morgan fingerprint density at radius 1 is 0.857 bits per heavy atom. The lowest BCUT2D eigenvalue weighted by Crippen LogP contribution is -2.33. The van der Waals surface area contributed by atoms with Crippen molar-refractivity contribution in [3.63, 3.8) is 0 Å². The molecule has 2 aromatic rings. The quantitative estimate of drug-likeness (QED) is 0.772. The molecular weight excluding hydrogens is 254 g/mol. The minimum absolute atomic E-state index is 0.596. The Bertz CT molecular complexity index is 575. The van der Waals surface area contributed by atoms with Gasteiger partial charge in [0, 0.05) is 17.3 Å². The van der Waals surface area contributed by atoms with Gasteiger partial charge in [-0.3, -0.25) is 0 Å². The van der Waals surface area contributed by atoms with Gasteiger partial charge in [-0.1, -0.05) is 68.8 Å². The van der Waals surface area contributed by atoms with Crippen LogP contribution >= 0.6 is 0 Å². The van der Waals surface area contributed by atoms with Crippen LogP contribution < -0.4 is 5.32 Å². The first kappa shape index (κ1) is 14.2. The summed E-state index contributed by atoms with van der Waals surface area (Å²) >= 11 is 0. The summed E-state index contributed by atoms with van der Waals surface area (Å²) in [6, 6.07) is 20.0. The van der Waals surface area contributed by atoms with Gasteiger partial charge in [0.25, 0.3) is 0 Å². The van der Waals surface area contributed by atoms with Crippen LogP contribution in [0.2, 0.25) is 0 Å². The van der Waals surface area contributed by atoms with E-state index in [9.17, 15) is 0 Å². The first-order chi connectivity index (χ1) is 10.2. The Balaban J connectivity index is 1.86. The average Bonchev–Trinajstić information content (AvgIpc) is 2.52. The van der Waals surface area contributed by atoms with E-state index in [2.05, 4.69) is 73.8 Å². The van der Waals surface area contributed by atoms with Crippen LogP contribution in [-0.2, 0) is 0 Å². The molecule has 1 aliphatic carbocycles. The molecular formula is C20H25N. The lowest BCUT2D eigenvalue weighted by molar-refractivity contribution is 0.281. The van der Waals surface area contributed by atoms with Crippen LogP contribution in [0.1, 0.15) is 33.1 Å². The molecule has 3 unspecified atom stereocenters. The Morgan fingerprint density at radius 2 is 1.57 bits per heavy atom. The van der Waals surface area contributed by atoms with Gasteiger partial charge in [-0.05, 0) is 36.3 Å². The van der Waals surface area contributed by atoms with Gasteiger partial charge in [0.15, 0.2) is 0 Å². The van der Waals surface area contributed by atoms with Crippen molar-refractivity contribution < 1.29 is 0 Å². The maximum atomic E-state index is 3.83. The molecule has 1 aliphatic rings. The third kappa shape index (κ3) is 3.29. The molecule has 110 valence electrons. The van der Waals surface area contributed by atoms with Crippen molar-refractivity contribution in [2.45, 2.75) is 39.2 Å². The van der Waals surface area contributed by atoms with E-state index in [4.69, 9.17) is 0 Å². The van der Waals surface area contributed by atoms with E-state index in [-0.39, 0.29) is 0 Å². The van der Waals surface area contributed by atoms with E-state index in [0.29, 0.717) is 6.04 Å². The van der Waals surface area contributed by atoms with E-state index < -0.39 is 0 Å². The predicted octanol–water partition coefficient (Wildman–Crippen LogP) is 5.59. The summed E-state index contributed by atoms with van der Waals surface area (Å²) in [4.78, 5) is 0. The molecule has 0 bridgehead atoms. The van der Waals surface area contributed by atoms with E-state index in [0.717, 1.165) is 11.8 Å². The summed E-state index contributed by atoms with van der Waals surface area (Å²) in [5.41, 5.74) is 3.87. The van der Waals surface area contributed by atoms with E-state index in [1.165, 1.54) is 36.1 Å². The molecule has 1 nitrogen and oxygen atoms in total. The fraction of sp³-hybridized carbons (Fsp3) is 0.400. The summed E-state index contributed by atoms with van der Waals surface area (Å²) in [6.45, 7) is 4.76. The number of benzene rings is 2. The van der Waals surface area contributed by atoms with Gasteiger partial charge < -0.3 is 5.32 Å². The molecule has 0 aromatic heterocycles. The van der Waals surface area contributed by atoms with Crippen molar-refractivity contribution in [1.82, 2.24) is 0 Å². The van der Waals surface area contributed by atoms with Crippen LogP contribution in [0, 0.1) is 11.8 Å². The molecule has 3 atom stereocenters. The molecule has 0 spiro atoms. The van der Waals surface area contributed by atoms with Crippen molar-refractivity contribution in [1.29, 1.82) is 0 Å². The molecule has 1 saturated carbocycles. The van der Waals surface area contributed by atoms with Crippen LogP contribution in [-0.4, -0.2) is 6.04 Å². The summed E-state index contributed by atoms with van der Waals surface area (Å²) in [5, 5.41) is 3.83. The Hall–Kier alpha value is -1.76. The molecule has 1 N–H and O–H groups in total. The van der Waals surface area contributed by atoms with Gasteiger partial charge in [-0.25, -0.2) is 0 Å². The zero-order chi connectivity index (χ0) is 14.7. The van der Waals surface area contributed by atoms with Gasteiger partial charge >= 0.3 is 0 Å². The number of anilines is 1. The molecule has 21 heavy (non-hydrogen) atoms. The van der Waals surface area contributed by atoms with Gasteiger partial charge in [0.2, 0.25) is 0 Å². The molecule has 0 radical (unpaired) electrons. The lowest BCUT2D eigenvalue weighted by Gasteiger charge is -2.34. The van der Waals surface area contributed by atoms with E-state index >= 15 is 0 Å². The third-order valence-corrected chi connectivity index (χ3v) is 4.81. The highest BCUT2D eigenvalue weighted by molar-refractivity contribution is 5.77. The van der Waals surface area contributed by atoms with Gasteiger partial charge in [0.1, 0.15) is 0 Å². The molecule has 0 aliphatic heterocycles. The molecule has 3 rings (SSSR count). The zero-order valence-corrected chi connectivity index (χ0v) is 13.0. The summed E-state index contributed by atoms with van der Waals surface area (Å²) in [7, 11) is 0. The van der Waals surface area contributed by atoms with Crippen LogP contribution in [0.3, 0.4) is 0 Å². The van der Waals surface area contributed by atoms with Crippen molar-refractivity contribution in [3.05, 3.63) is 54.6 Å². The van der Waals surface area contributed by atoms with Crippen LogP contribution in [0.15, 0.2) is 54.6 Å². The maximum absolute atomic E-state index is 3.83. The monoisotopic (exact) mass is 279 g/mol. The summed E-state index contributed by atoms with van der Waals surface area (Å²) in [5.74, 6) is 1.59. The number of para-hydroxylation sites is 1. The summed E-state index contributed by atoms with van der Waals surface area (Å²) in [6.07, 6.45) is 4.00. The Morgan fingerprint density at radius 3 is 2.38 bits per heavy atom. The smallest absolute Gasteiger partial charge is 0.0422 e. The Kier molecular flexibility index (Phi) is 4.28. The number of rotatable bonds is 3. The number of nitrogens with one attached hydrogen (secondary N) is 1. The zero-order valence-electron chi connectivity index (χ0n) is 13.0. The third-order valence-electron chi connectivity index (χ3n) is 4.81. The molecule has 1 heteroatoms. The molecule has 2 aromatic carbocycles. The normalized spacial score (nSPS) is 25.5. The largest absolute Gasteiger partial charge is 0.382 e. The van der Waals surface area contributed by atoms with Crippen LogP contribution in [0.25, 0.3) is 11.1 Å². The van der Waals surface area contributed by atoms with E-state index in [1.54, 1.807) is 0 Å². The first-order valence-electron chi connectivity index (χ1n) is 8.15. The Labute approximate surface area is 128 Å². The topological polar surface area (TPSA) is 12.0 Å². The standard InChI is InChI=1S/C20H25N/c1-15-12-13-16(2)20(14-15)21-19-11-7-6-10-18(19)17-8-4-3-5-9-17/h3-11,15-16,20-21H,12-14H2,1-2H3. The second kappa shape index (κ2) is 6.34. The highest BCUT2D eigenvalue weighted by Gasteiger charge is 2.25. The molecule has 0 amide bonds. The molecule has 0 heterocycles. The highest BCUT2D eigenvalue weighted by atomic mass is 14.9. The van der Waals surface area contributed by atoms with Crippen LogP contribution in [0.5, 0.6) is 0 Å². The fourth-order valence-corrected chi connectivity index (χ4v) is 3.41. The SMILES string of the molecule is CC1CCC(C)C(Nc2ccccc2-c2ccccc2)C1. The van der Waals surface area contributed by atoms with E-state index in [1.807, 2.05) is 0 Å². The lowest BCUT2D eigenvalue weighted by atomic mass is 9.80. The number of hydrogen-bond donors (Lipinski definition) is 1. The first-order valence-corrected chi connectivity index (χ1v) is 8.15. The maximum Gasteiger partial charge on any atom is 0.0422 e. The van der Waals surface area contributed by atoms with Crippen molar-refractivity contribution in [2.24, 2.45) is 11.8 Å². The van der Waals surface area contributed by atoms with Crippen LogP contribution in [0.4, 0.5) is 5.69 Å². The molecule has 1 fully saturated rings. The van der Waals surface area contributed by atoms with Gasteiger partial charge in [-0.15, -0.1) is 0 Å². The van der Waals surface area contributed by atoms with Gasteiger partial charge in [-0.2, -0.15) is 0 Å². The second-order valence-corrected chi connectivity index (χ2v) is 6.56. The average molecular weight is 279 g/mol. The highest BCUT2D eigenvalue weighted by Crippen LogP contribution is 2.34. The minimum atomic E-state index is 0.596.